The second-order valence-electron chi connectivity index (χ2n) is 4.51. The predicted octanol–water partition coefficient (Wildman–Crippen LogP) is 5.73. The first kappa shape index (κ1) is 16.1. The molecule has 0 bridgehead atoms. The van der Waals surface area contributed by atoms with Gasteiger partial charge in [-0.15, -0.1) is 0 Å². The zero-order chi connectivity index (χ0) is 14.9. The van der Waals surface area contributed by atoms with Gasteiger partial charge in [-0.05, 0) is 49.4 Å². The molecule has 20 heavy (non-hydrogen) atoms. The molecular weight excluding hydrogens is 453 g/mol. The van der Waals surface area contributed by atoms with Gasteiger partial charge >= 0.3 is 0 Å². The molecule has 0 aliphatic carbocycles. The van der Waals surface area contributed by atoms with Crippen molar-refractivity contribution in [3.63, 3.8) is 0 Å². The van der Waals surface area contributed by atoms with Crippen molar-refractivity contribution < 1.29 is 4.39 Å². The van der Waals surface area contributed by atoms with E-state index < -0.39 is 0 Å². The molecule has 1 unspecified atom stereocenters. The zero-order valence-corrected chi connectivity index (χ0v) is 15.7. The molecule has 0 spiro atoms. The molecule has 2 aromatic carbocycles. The van der Waals surface area contributed by atoms with Crippen LogP contribution in [0.25, 0.3) is 0 Å². The Labute approximate surface area is 143 Å². The van der Waals surface area contributed by atoms with Gasteiger partial charge in [0.1, 0.15) is 5.82 Å². The van der Waals surface area contributed by atoms with E-state index in [1.807, 2.05) is 32.2 Å². The molecule has 2 rings (SSSR count). The van der Waals surface area contributed by atoms with Crippen LogP contribution in [0.5, 0.6) is 0 Å². The summed E-state index contributed by atoms with van der Waals surface area (Å²) in [7, 11) is 1.83. The molecule has 0 aromatic heterocycles. The summed E-state index contributed by atoms with van der Waals surface area (Å²) in [5.74, 6) is -0.234. The van der Waals surface area contributed by atoms with E-state index in [-0.39, 0.29) is 11.9 Å². The third-order valence-corrected chi connectivity index (χ3v) is 5.19. The topological polar surface area (TPSA) is 12.0 Å². The van der Waals surface area contributed by atoms with Gasteiger partial charge in [0, 0.05) is 19.0 Å². The molecule has 106 valence electrons. The van der Waals surface area contributed by atoms with Crippen LogP contribution in [0.2, 0.25) is 0 Å². The van der Waals surface area contributed by atoms with Gasteiger partial charge in [0.25, 0.3) is 0 Å². The maximum Gasteiger partial charge on any atom is 0.129 e. The van der Waals surface area contributed by atoms with E-state index in [0.29, 0.717) is 5.56 Å². The minimum absolute atomic E-state index is 0.214. The molecule has 0 aliphatic heterocycles. The Hall–Kier alpha value is -0.230. The minimum atomic E-state index is -0.234. The Morgan fingerprint density at radius 3 is 2.30 bits per heavy atom. The number of rotatable bonds is 3. The van der Waals surface area contributed by atoms with E-state index >= 15 is 0 Å². The summed E-state index contributed by atoms with van der Waals surface area (Å²) in [5, 5.41) is 3.18. The van der Waals surface area contributed by atoms with Crippen LogP contribution in [-0.2, 0) is 0 Å². The van der Waals surface area contributed by atoms with Gasteiger partial charge in [-0.1, -0.05) is 53.9 Å². The molecule has 0 amide bonds. The maximum atomic E-state index is 14.2. The minimum Gasteiger partial charge on any atom is -0.309 e. The van der Waals surface area contributed by atoms with E-state index in [0.717, 1.165) is 24.5 Å². The Morgan fingerprint density at radius 2 is 1.70 bits per heavy atom. The molecule has 1 N–H and O–H groups in total. The second-order valence-corrected chi connectivity index (χ2v) is 7.13. The Morgan fingerprint density at radius 1 is 1.00 bits per heavy atom. The number of halogens is 4. The Kier molecular flexibility index (Phi) is 5.40. The fraction of sp³-hybridized carbons (Fsp3) is 0.200. The number of hydrogen-bond acceptors (Lipinski definition) is 1. The highest BCUT2D eigenvalue weighted by Crippen LogP contribution is 2.34. The SMILES string of the molecule is CNC(c1ccc(Br)cc1F)c1cc(Br)c(C)cc1Br. The molecule has 1 atom stereocenters. The summed E-state index contributed by atoms with van der Waals surface area (Å²) in [4.78, 5) is 0. The second kappa shape index (κ2) is 6.69. The van der Waals surface area contributed by atoms with Gasteiger partial charge in [0.2, 0.25) is 0 Å². The number of hydrogen-bond donors (Lipinski definition) is 1. The van der Waals surface area contributed by atoms with Crippen molar-refractivity contribution in [3.05, 3.63) is 66.3 Å². The fourth-order valence-electron chi connectivity index (χ4n) is 2.10. The van der Waals surface area contributed by atoms with E-state index in [1.54, 1.807) is 6.07 Å². The van der Waals surface area contributed by atoms with E-state index in [9.17, 15) is 4.39 Å². The third kappa shape index (κ3) is 3.32. The summed E-state index contributed by atoms with van der Waals surface area (Å²) < 4.78 is 16.9. The summed E-state index contributed by atoms with van der Waals surface area (Å²) in [6.45, 7) is 2.02. The van der Waals surface area contributed by atoms with Crippen LogP contribution < -0.4 is 5.32 Å². The van der Waals surface area contributed by atoms with Crippen molar-refractivity contribution >= 4 is 47.8 Å². The Balaban J connectivity index is 2.55. The van der Waals surface area contributed by atoms with Crippen LogP contribution in [0.15, 0.2) is 43.7 Å². The Bertz CT molecular complexity index is 643. The maximum absolute atomic E-state index is 14.2. The van der Waals surface area contributed by atoms with Crippen LogP contribution in [0.3, 0.4) is 0 Å². The van der Waals surface area contributed by atoms with Crippen molar-refractivity contribution in [1.29, 1.82) is 0 Å². The van der Waals surface area contributed by atoms with Crippen molar-refractivity contribution in [1.82, 2.24) is 5.32 Å². The highest BCUT2D eigenvalue weighted by molar-refractivity contribution is 9.11. The smallest absolute Gasteiger partial charge is 0.129 e. The number of benzene rings is 2. The molecule has 0 fully saturated rings. The van der Waals surface area contributed by atoms with Gasteiger partial charge in [0.15, 0.2) is 0 Å². The van der Waals surface area contributed by atoms with Gasteiger partial charge in [-0.3, -0.25) is 0 Å². The van der Waals surface area contributed by atoms with Crippen molar-refractivity contribution in [2.24, 2.45) is 0 Å². The van der Waals surface area contributed by atoms with Crippen molar-refractivity contribution in [3.8, 4) is 0 Å². The van der Waals surface area contributed by atoms with Crippen LogP contribution in [0, 0.1) is 12.7 Å². The zero-order valence-electron chi connectivity index (χ0n) is 11.0. The van der Waals surface area contributed by atoms with Gasteiger partial charge < -0.3 is 5.32 Å². The first-order chi connectivity index (χ1) is 9.43. The monoisotopic (exact) mass is 463 g/mol. The lowest BCUT2D eigenvalue weighted by molar-refractivity contribution is 0.574. The normalized spacial score (nSPS) is 12.5. The lowest BCUT2D eigenvalue weighted by Gasteiger charge is -2.20. The molecule has 0 saturated carbocycles. The average molecular weight is 466 g/mol. The first-order valence-electron chi connectivity index (χ1n) is 6.01. The quantitative estimate of drug-likeness (QED) is 0.610. The lowest BCUT2D eigenvalue weighted by atomic mass is 9.97. The predicted molar refractivity (Wildman–Crippen MR) is 91.6 cm³/mol. The molecular formula is C15H13Br3FN. The molecule has 0 heterocycles. The summed E-state index contributed by atoms with van der Waals surface area (Å²) >= 11 is 10.4. The average Bonchev–Trinajstić information content (AvgIpc) is 2.38. The standard InChI is InChI=1S/C15H13Br3FN/c1-8-5-13(18)11(7-12(8)17)15(20-2)10-4-3-9(16)6-14(10)19/h3-7,15,20H,1-2H3. The molecule has 5 heteroatoms. The van der Waals surface area contributed by atoms with E-state index in [2.05, 4.69) is 53.1 Å². The largest absolute Gasteiger partial charge is 0.309 e. The van der Waals surface area contributed by atoms with Gasteiger partial charge in [-0.2, -0.15) is 0 Å². The van der Waals surface area contributed by atoms with Crippen LogP contribution >= 0.6 is 47.8 Å². The molecule has 0 aliphatic rings. The van der Waals surface area contributed by atoms with Crippen LogP contribution in [0.1, 0.15) is 22.7 Å². The van der Waals surface area contributed by atoms with Gasteiger partial charge in [0.05, 0.1) is 6.04 Å². The van der Waals surface area contributed by atoms with Crippen LogP contribution in [0.4, 0.5) is 4.39 Å². The summed E-state index contributed by atoms with van der Waals surface area (Å²) in [6.07, 6.45) is 0. The molecule has 1 nitrogen and oxygen atoms in total. The van der Waals surface area contributed by atoms with Crippen LogP contribution in [-0.4, -0.2) is 7.05 Å². The lowest BCUT2D eigenvalue weighted by Crippen LogP contribution is -2.19. The fourth-order valence-corrected chi connectivity index (χ4v) is 3.48. The number of nitrogens with one attached hydrogen (secondary N) is 1. The van der Waals surface area contributed by atoms with E-state index in [1.165, 1.54) is 6.07 Å². The molecule has 2 aromatic rings. The van der Waals surface area contributed by atoms with Gasteiger partial charge in [-0.25, -0.2) is 4.39 Å². The van der Waals surface area contributed by atoms with Crippen molar-refractivity contribution in [2.45, 2.75) is 13.0 Å². The summed E-state index contributed by atoms with van der Waals surface area (Å²) in [6, 6.07) is 8.95. The number of aryl methyl sites for hydroxylation is 1. The van der Waals surface area contributed by atoms with Crippen molar-refractivity contribution in [2.75, 3.05) is 7.05 Å². The summed E-state index contributed by atoms with van der Waals surface area (Å²) in [5.41, 5.74) is 2.74. The molecule has 0 radical (unpaired) electrons. The first-order valence-corrected chi connectivity index (χ1v) is 8.39. The molecule has 0 saturated heterocycles. The highest BCUT2D eigenvalue weighted by atomic mass is 79.9. The van der Waals surface area contributed by atoms with E-state index in [4.69, 9.17) is 0 Å². The highest BCUT2D eigenvalue weighted by Gasteiger charge is 2.19. The third-order valence-electron chi connectivity index (χ3n) is 3.15.